The first-order chi connectivity index (χ1) is 14.2. The van der Waals surface area contributed by atoms with Crippen LogP contribution in [0.15, 0.2) is 72.1 Å². The fourth-order valence-corrected chi connectivity index (χ4v) is 4.45. The zero-order chi connectivity index (χ0) is 19.8. The van der Waals surface area contributed by atoms with Crippen molar-refractivity contribution < 1.29 is 4.79 Å². The molecule has 0 saturated carbocycles. The molecule has 0 unspecified atom stereocenters. The molecule has 7 heteroatoms. The summed E-state index contributed by atoms with van der Waals surface area (Å²) in [6.45, 7) is 2.87. The molecule has 4 aromatic rings. The van der Waals surface area contributed by atoms with Crippen molar-refractivity contribution in [2.24, 2.45) is 0 Å². The molecule has 0 saturated heterocycles. The number of nitrogens with zero attached hydrogens (tertiary/aromatic N) is 4. The van der Waals surface area contributed by atoms with E-state index in [0.717, 1.165) is 45.8 Å². The second-order valence-corrected chi connectivity index (χ2v) is 7.90. The average Bonchev–Trinajstić information content (AvgIpc) is 3.44. The van der Waals surface area contributed by atoms with Gasteiger partial charge in [-0.25, -0.2) is 9.67 Å². The predicted octanol–water partition coefficient (Wildman–Crippen LogP) is 4.40. The highest BCUT2D eigenvalue weighted by atomic mass is 32.2. The van der Waals surface area contributed by atoms with Crippen LogP contribution in [0, 0.1) is 6.92 Å². The Bertz CT molecular complexity index is 1170. The molecule has 0 fully saturated rings. The Morgan fingerprint density at radius 2 is 1.90 bits per heavy atom. The smallest absolute Gasteiger partial charge is 0.259 e. The number of hydrogen-bond donors (Lipinski definition) is 1. The SMILES string of the molecule is Cc1c(C(=O)Nc2ccccc2-c2cn3c(n2)SCC3)cnn1-c1ccccc1. The Hall–Kier alpha value is -3.32. The van der Waals surface area contributed by atoms with Gasteiger partial charge in [-0.3, -0.25) is 4.79 Å². The van der Waals surface area contributed by atoms with Crippen LogP contribution in [0.1, 0.15) is 16.1 Å². The van der Waals surface area contributed by atoms with Crippen molar-refractivity contribution in [2.75, 3.05) is 11.1 Å². The molecular formula is C22H19N5OS. The van der Waals surface area contributed by atoms with Crippen LogP contribution in [0.25, 0.3) is 16.9 Å². The maximum atomic E-state index is 13.0. The number of anilines is 1. The predicted molar refractivity (Wildman–Crippen MR) is 115 cm³/mol. The van der Waals surface area contributed by atoms with Crippen molar-refractivity contribution in [2.45, 2.75) is 18.6 Å². The van der Waals surface area contributed by atoms with Gasteiger partial charge < -0.3 is 9.88 Å². The second-order valence-electron chi connectivity index (χ2n) is 6.84. The average molecular weight is 401 g/mol. The minimum atomic E-state index is -0.182. The highest BCUT2D eigenvalue weighted by Gasteiger charge is 2.19. The fraction of sp³-hybridized carbons (Fsp3) is 0.136. The van der Waals surface area contributed by atoms with Crippen LogP contribution in [-0.2, 0) is 6.54 Å². The number of fused-ring (bicyclic) bond motifs is 1. The summed E-state index contributed by atoms with van der Waals surface area (Å²) in [7, 11) is 0. The van der Waals surface area contributed by atoms with Gasteiger partial charge in [0.05, 0.1) is 34.5 Å². The third-order valence-electron chi connectivity index (χ3n) is 5.01. The molecule has 0 atom stereocenters. The summed E-state index contributed by atoms with van der Waals surface area (Å²) in [5, 5.41) is 8.48. The molecule has 1 amide bonds. The number of hydrogen-bond acceptors (Lipinski definition) is 4. The third kappa shape index (κ3) is 3.23. The van der Waals surface area contributed by atoms with Gasteiger partial charge in [-0.05, 0) is 25.1 Å². The molecule has 29 heavy (non-hydrogen) atoms. The number of para-hydroxylation sites is 2. The van der Waals surface area contributed by atoms with Crippen molar-refractivity contribution in [3.05, 3.63) is 78.2 Å². The molecule has 5 rings (SSSR count). The number of benzene rings is 2. The van der Waals surface area contributed by atoms with Crippen molar-refractivity contribution in [3.63, 3.8) is 0 Å². The van der Waals surface area contributed by atoms with Crippen LogP contribution in [0.5, 0.6) is 0 Å². The highest BCUT2D eigenvalue weighted by Crippen LogP contribution is 2.32. The van der Waals surface area contributed by atoms with Crippen LogP contribution < -0.4 is 5.32 Å². The van der Waals surface area contributed by atoms with E-state index in [1.165, 1.54) is 0 Å². The molecule has 0 bridgehead atoms. The number of amides is 1. The third-order valence-corrected chi connectivity index (χ3v) is 5.98. The monoisotopic (exact) mass is 401 g/mol. The number of carbonyl (C=O) groups is 1. The molecule has 0 radical (unpaired) electrons. The molecule has 3 heterocycles. The van der Waals surface area contributed by atoms with Gasteiger partial charge in [-0.2, -0.15) is 5.10 Å². The molecule has 0 spiro atoms. The second kappa shape index (κ2) is 7.25. The van der Waals surface area contributed by atoms with E-state index in [2.05, 4.69) is 21.2 Å². The summed E-state index contributed by atoms with van der Waals surface area (Å²) in [5.41, 5.74) is 4.80. The van der Waals surface area contributed by atoms with Crippen molar-refractivity contribution >= 4 is 23.4 Å². The van der Waals surface area contributed by atoms with Gasteiger partial charge in [0, 0.05) is 24.1 Å². The Balaban J connectivity index is 1.44. The van der Waals surface area contributed by atoms with E-state index in [1.54, 1.807) is 22.6 Å². The number of carbonyl (C=O) groups excluding carboxylic acids is 1. The summed E-state index contributed by atoms with van der Waals surface area (Å²) in [6, 6.07) is 17.6. The van der Waals surface area contributed by atoms with Gasteiger partial charge in [0.2, 0.25) is 0 Å². The Morgan fingerprint density at radius 1 is 1.10 bits per heavy atom. The Morgan fingerprint density at radius 3 is 2.72 bits per heavy atom. The van der Waals surface area contributed by atoms with E-state index < -0.39 is 0 Å². The van der Waals surface area contributed by atoms with Gasteiger partial charge in [0.15, 0.2) is 5.16 Å². The molecule has 144 valence electrons. The normalized spacial score (nSPS) is 12.7. The molecular weight excluding hydrogens is 382 g/mol. The van der Waals surface area contributed by atoms with Crippen LogP contribution in [0.4, 0.5) is 5.69 Å². The number of imidazole rings is 1. The van der Waals surface area contributed by atoms with Gasteiger partial charge in [0.25, 0.3) is 5.91 Å². The van der Waals surface area contributed by atoms with Gasteiger partial charge in [-0.15, -0.1) is 0 Å². The minimum Gasteiger partial charge on any atom is -0.325 e. The lowest BCUT2D eigenvalue weighted by Crippen LogP contribution is -2.14. The Kier molecular flexibility index (Phi) is 4.44. The first-order valence-electron chi connectivity index (χ1n) is 9.41. The maximum Gasteiger partial charge on any atom is 0.259 e. The minimum absolute atomic E-state index is 0.182. The molecule has 1 aliphatic heterocycles. The van der Waals surface area contributed by atoms with E-state index in [4.69, 9.17) is 4.98 Å². The summed E-state index contributed by atoms with van der Waals surface area (Å²) >= 11 is 1.76. The van der Waals surface area contributed by atoms with Gasteiger partial charge in [-0.1, -0.05) is 48.2 Å². The molecule has 1 N–H and O–H groups in total. The van der Waals surface area contributed by atoms with Gasteiger partial charge >= 0.3 is 0 Å². The highest BCUT2D eigenvalue weighted by molar-refractivity contribution is 7.99. The molecule has 1 aliphatic rings. The number of thioether (sulfide) groups is 1. The number of aryl methyl sites for hydroxylation is 1. The lowest BCUT2D eigenvalue weighted by Gasteiger charge is -2.10. The lowest BCUT2D eigenvalue weighted by atomic mass is 10.1. The van der Waals surface area contributed by atoms with E-state index in [9.17, 15) is 4.79 Å². The number of nitrogens with one attached hydrogen (secondary N) is 1. The first kappa shape index (κ1) is 17.8. The quantitative estimate of drug-likeness (QED) is 0.550. The van der Waals surface area contributed by atoms with E-state index in [1.807, 2.05) is 61.5 Å². The fourth-order valence-electron chi connectivity index (χ4n) is 3.51. The zero-order valence-electron chi connectivity index (χ0n) is 15.9. The van der Waals surface area contributed by atoms with E-state index in [0.29, 0.717) is 5.56 Å². The van der Waals surface area contributed by atoms with Crippen LogP contribution in [-0.4, -0.2) is 31.0 Å². The van der Waals surface area contributed by atoms with Crippen molar-refractivity contribution in [3.8, 4) is 16.9 Å². The Labute approximate surface area is 172 Å². The summed E-state index contributed by atoms with van der Waals surface area (Å²) in [6.07, 6.45) is 3.67. The van der Waals surface area contributed by atoms with Crippen molar-refractivity contribution in [1.29, 1.82) is 0 Å². The van der Waals surface area contributed by atoms with E-state index in [-0.39, 0.29) is 5.91 Å². The largest absolute Gasteiger partial charge is 0.325 e. The standard InChI is InChI=1S/C22H19N5OS/c1-15-18(13-23-27(15)16-7-3-2-4-8-16)21(28)24-19-10-6-5-9-17(19)20-14-26-11-12-29-22(26)25-20/h2-10,13-14H,11-12H2,1H3,(H,24,28). The van der Waals surface area contributed by atoms with E-state index >= 15 is 0 Å². The topological polar surface area (TPSA) is 64.7 Å². The molecule has 0 aliphatic carbocycles. The zero-order valence-corrected chi connectivity index (χ0v) is 16.7. The summed E-state index contributed by atoms with van der Waals surface area (Å²) in [5.74, 6) is 0.879. The van der Waals surface area contributed by atoms with Crippen LogP contribution in [0.2, 0.25) is 0 Å². The van der Waals surface area contributed by atoms with Crippen LogP contribution in [0.3, 0.4) is 0 Å². The van der Waals surface area contributed by atoms with Crippen LogP contribution >= 0.6 is 11.8 Å². The summed E-state index contributed by atoms with van der Waals surface area (Å²) < 4.78 is 3.94. The lowest BCUT2D eigenvalue weighted by molar-refractivity contribution is 0.102. The van der Waals surface area contributed by atoms with Crippen molar-refractivity contribution in [1.82, 2.24) is 19.3 Å². The number of rotatable bonds is 4. The molecule has 2 aromatic carbocycles. The van der Waals surface area contributed by atoms with Gasteiger partial charge in [0.1, 0.15) is 0 Å². The first-order valence-corrected chi connectivity index (χ1v) is 10.4. The molecule has 6 nitrogen and oxygen atoms in total. The number of aromatic nitrogens is 4. The molecule has 2 aromatic heterocycles. The maximum absolute atomic E-state index is 13.0. The summed E-state index contributed by atoms with van der Waals surface area (Å²) in [4.78, 5) is 17.7.